The van der Waals surface area contributed by atoms with Gasteiger partial charge in [0, 0.05) is 22.1 Å². The van der Waals surface area contributed by atoms with Crippen LogP contribution in [0.4, 0.5) is 0 Å². The van der Waals surface area contributed by atoms with E-state index in [-0.39, 0.29) is 17.4 Å². The highest BCUT2D eigenvalue weighted by molar-refractivity contribution is 7.12. The number of carbonyl (C=O) groups is 1. The summed E-state index contributed by atoms with van der Waals surface area (Å²) in [6, 6.07) is 7.29. The first-order valence-electron chi connectivity index (χ1n) is 8.97. The molecule has 1 atom stereocenters. The number of pyridine rings is 1. The molecule has 0 bridgehead atoms. The van der Waals surface area contributed by atoms with Crippen LogP contribution in [0, 0.1) is 0 Å². The Morgan fingerprint density at radius 3 is 2.89 bits per heavy atom. The van der Waals surface area contributed by atoms with Gasteiger partial charge in [-0.3, -0.25) is 9.78 Å². The number of nitrogens with one attached hydrogen (secondary N) is 1. The van der Waals surface area contributed by atoms with E-state index in [0.717, 1.165) is 16.2 Å². The normalized spacial score (nSPS) is 13.0. The minimum Gasteiger partial charge on any atom is -0.436 e. The third kappa shape index (κ3) is 4.90. The number of aliphatic hydroxyl groups is 1. The van der Waals surface area contributed by atoms with Crippen molar-refractivity contribution in [2.75, 3.05) is 0 Å². The lowest BCUT2D eigenvalue weighted by atomic mass is 9.99. The van der Waals surface area contributed by atoms with Crippen LogP contribution in [0.2, 0.25) is 0 Å². The van der Waals surface area contributed by atoms with E-state index < -0.39 is 5.60 Å². The smallest absolute Gasteiger partial charge is 0.258 e. The summed E-state index contributed by atoms with van der Waals surface area (Å²) in [4.78, 5) is 26.4. The zero-order valence-electron chi connectivity index (χ0n) is 15.8. The van der Waals surface area contributed by atoms with Gasteiger partial charge in [0.1, 0.15) is 17.6 Å². The topological polar surface area (TPSA) is 97.2 Å². The van der Waals surface area contributed by atoms with Crippen LogP contribution in [0.25, 0.3) is 0 Å². The zero-order valence-corrected chi connectivity index (χ0v) is 16.6. The molecule has 0 spiro atoms. The van der Waals surface area contributed by atoms with Crippen LogP contribution in [-0.4, -0.2) is 26.0 Å². The maximum Gasteiger partial charge on any atom is 0.258 e. The molecule has 3 rings (SSSR count). The predicted molar refractivity (Wildman–Crippen MR) is 106 cm³/mol. The Morgan fingerprint density at radius 1 is 1.29 bits per heavy atom. The fraction of sp³-hybridized carbons (Fsp3) is 0.300. The summed E-state index contributed by atoms with van der Waals surface area (Å²) < 4.78 is 5.65. The molecule has 1 unspecified atom stereocenters. The predicted octanol–water partition coefficient (Wildman–Crippen LogP) is 3.66. The number of rotatable bonds is 8. The molecule has 0 saturated heterocycles. The Labute approximate surface area is 167 Å². The van der Waals surface area contributed by atoms with Crippen molar-refractivity contribution in [1.29, 1.82) is 0 Å². The fourth-order valence-electron chi connectivity index (χ4n) is 2.71. The molecule has 28 heavy (non-hydrogen) atoms. The Balaban J connectivity index is 1.67. The van der Waals surface area contributed by atoms with Crippen molar-refractivity contribution in [3.8, 4) is 11.6 Å². The van der Waals surface area contributed by atoms with E-state index in [9.17, 15) is 9.90 Å². The van der Waals surface area contributed by atoms with Crippen LogP contribution in [0.1, 0.15) is 46.8 Å². The lowest BCUT2D eigenvalue weighted by Gasteiger charge is -2.20. The molecule has 3 heterocycles. The van der Waals surface area contributed by atoms with Gasteiger partial charge in [0.05, 0.1) is 18.3 Å². The number of nitrogens with zero attached hydrogens (tertiary/aromatic N) is 3. The van der Waals surface area contributed by atoms with Crippen molar-refractivity contribution >= 4 is 17.2 Å². The quantitative estimate of drug-likeness (QED) is 0.601. The second kappa shape index (κ2) is 8.90. The van der Waals surface area contributed by atoms with Gasteiger partial charge in [0.2, 0.25) is 5.88 Å². The molecule has 3 aromatic heterocycles. The van der Waals surface area contributed by atoms with E-state index in [2.05, 4.69) is 20.3 Å². The number of amides is 1. The molecule has 146 valence electrons. The minimum absolute atomic E-state index is 0.165. The number of ether oxygens (including phenoxy) is 1. The van der Waals surface area contributed by atoms with Crippen LogP contribution in [0.3, 0.4) is 0 Å². The molecule has 2 N–H and O–H groups in total. The summed E-state index contributed by atoms with van der Waals surface area (Å²) >= 11 is 1.49. The first-order chi connectivity index (χ1) is 13.5. The Hall–Kier alpha value is -2.84. The molecule has 0 aliphatic rings. The van der Waals surface area contributed by atoms with Crippen LogP contribution < -0.4 is 10.1 Å². The first kappa shape index (κ1) is 19.9. The second-order valence-electron chi connectivity index (χ2n) is 6.50. The van der Waals surface area contributed by atoms with Gasteiger partial charge in [-0.15, -0.1) is 11.3 Å². The molecular weight excluding hydrogens is 376 g/mol. The molecule has 3 aromatic rings. The van der Waals surface area contributed by atoms with Gasteiger partial charge in [0.25, 0.3) is 5.91 Å². The van der Waals surface area contributed by atoms with Crippen molar-refractivity contribution < 1.29 is 14.6 Å². The monoisotopic (exact) mass is 398 g/mol. The van der Waals surface area contributed by atoms with Gasteiger partial charge in [-0.2, -0.15) is 0 Å². The molecule has 0 aromatic carbocycles. The molecule has 1 amide bonds. The lowest BCUT2D eigenvalue weighted by Crippen LogP contribution is -2.23. The molecule has 0 aliphatic heterocycles. The number of aromatic nitrogens is 3. The molecule has 0 aliphatic carbocycles. The summed E-state index contributed by atoms with van der Waals surface area (Å²) in [5, 5.41) is 13.4. The number of hydrogen-bond acceptors (Lipinski definition) is 7. The Morgan fingerprint density at radius 2 is 2.14 bits per heavy atom. The van der Waals surface area contributed by atoms with Crippen LogP contribution in [0.15, 0.2) is 49.2 Å². The average Bonchev–Trinajstić information content (AvgIpc) is 3.17. The molecular formula is C20H22N4O3S. The molecule has 0 saturated carbocycles. The van der Waals surface area contributed by atoms with Crippen molar-refractivity contribution in [3.05, 3.63) is 64.5 Å². The van der Waals surface area contributed by atoms with E-state index in [0.29, 0.717) is 18.7 Å². The van der Waals surface area contributed by atoms with Gasteiger partial charge in [-0.05, 0) is 37.6 Å². The standard InChI is InChI=1S/C20H22N4O3S/c1-3-8-20(2,26)17-7-6-15(28-17)11-23-18(25)16-12-22-13-24-19(16)27-14-5-4-9-21-10-14/h4-7,9-10,12-13,26H,3,8,11H2,1-2H3,(H,23,25). The SMILES string of the molecule is CCCC(C)(O)c1ccc(CNC(=O)c2cncnc2Oc2cccnc2)s1. The van der Waals surface area contributed by atoms with Crippen LogP contribution in [-0.2, 0) is 12.1 Å². The highest BCUT2D eigenvalue weighted by atomic mass is 32.1. The van der Waals surface area contributed by atoms with Crippen LogP contribution in [0.5, 0.6) is 11.6 Å². The molecule has 0 fully saturated rings. The Kier molecular flexibility index (Phi) is 6.33. The van der Waals surface area contributed by atoms with Gasteiger partial charge >= 0.3 is 0 Å². The average molecular weight is 398 g/mol. The summed E-state index contributed by atoms with van der Waals surface area (Å²) in [5.74, 6) is 0.310. The van der Waals surface area contributed by atoms with E-state index in [1.54, 1.807) is 24.5 Å². The van der Waals surface area contributed by atoms with E-state index in [1.807, 2.05) is 26.0 Å². The summed E-state index contributed by atoms with van der Waals surface area (Å²) in [6.07, 6.45) is 7.50. The van der Waals surface area contributed by atoms with Crippen molar-refractivity contribution in [1.82, 2.24) is 20.3 Å². The number of thiophene rings is 1. The van der Waals surface area contributed by atoms with Crippen molar-refractivity contribution in [2.24, 2.45) is 0 Å². The molecule has 8 heteroatoms. The van der Waals surface area contributed by atoms with Gasteiger partial charge in [0.15, 0.2) is 0 Å². The third-order valence-corrected chi connectivity index (χ3v) is 5.46. The van der Waals surface area contributed by atoms with E-state index >= 15 is 0 Å². The van der Waals surface area contributed by atoms with Gasteiger partial charge in [-0.25, -0.2) is 9.97 Å². The third-order valence-electron chi connectivity index (χ3n) is 4.12. The number of hydrogen-bond donors (Lipinski definition) is 2. The summed E-state index contributed by atoms with van der Waals surface area (Å²) in [6.45, 7) is 4.19. The van der Waals surface area contributed by atoms with Gasteiger partial charge in [-0.1, -0.05) is 13.3 Å². The van der Waals surface area contributed by atoms with E-state index in [1.165, 1.54) is 23.9 Å². The fourth-order valence-corrected chi connectivity index (χ4v) is 3.73. The zero-order chi connectivity index (χ0) is 20.0. The molecule has 0 radical (unpaired) electrons. The number of carbonyl (C=O) groups excluding carboxylic acids is 1. The maximum absolute atomic E-state index is 12.6. The highest BCUT2D eigenvalue weighted by Crippen LogP contribution is 2.32. The van der Waals surface area contributed by atoms with Crippen molar-refractivity contribution in [2.45, 2.75) is 38.8 Å². The van der Waals surface area contributed by atoms with Crippen molar-refractivity contribution in [3.63, 3.8) is 0 Å². The summed E-state index contributed by atoms with van der Waals surface area (Å²) in [5.41, 5.74) is -0.610. The van der Waals surface area contributed by atoms with Crippen LogP contribution >= 0.6 is 11.3 Å². The second-order valence-corrected chi connectivity index (χ2v) is 7.67. The maximum atomic E-state index is 12.6. The largest absolute Gasteiger partial charge is 0.436 e. The summed E-state index contributed by atoms with van der Waals surface area (Å²) in [7, 11) is 0. The minimum atomic E-state index is -0.848. The molecule has 7 nitrogen and oxygen atoms in total. The highest BCUT2D eigenvalue weighted by Gasteiger charge is 2.24. The van der Waals surface area contributed by atoms with E-state index in [4.69, 9.17) is 4.74 Å². The van der Waals surface area contributed by atoms with Gasteiger partial charge < -0.3 is 15.2 Å². The lowest BCUT2D eigenvalue weighted by molar-refractivity contribution is 0.0507. The first-order valence-corrected chi connectivity index (χ1v) is 9.79. The Bertz CT molecular complexity index is 928.